The van der Waals surface area contributed by atoms with Gasteiger partial charge in [0.25, 0.3) is 0 Å². The summed E-state index contributed by atoms with van der Waals surface area (Å²) in [6.45, 7) is 1.64. The molecule has 0 bridgehead atoms. The Hall–Kier alpha value is -0.510. The van der Waals surface area contributed by atoms with Crippen LogP contribution < -0.4 is 5.73 Å². The van der Waals surface area contributed by atoms with Gasteiger partial charge in [0.1, 0.15) is 0 Å². The molecule has 13 heavy (non-hydrogen) atoms. The van der Waals surface area contributed by atoms with Crippen LogP contribution in [0, 0.1) is 5.82 Å². The van der Waals surface area contributed by atoms with E-state index in [1.54, 1.807) is 6.92 Å². The van der Waals surface area contributed by atoms with E-state index in [0.717, 1.165) is 6.07 Å². The fourth-order valence-corrected chi connectivity index (χ4v) is 1.15. The van der Waals surface area contributed by atoms with Crippen LogP contribution in [0.25, 0.3) is 0 Å². The Morgan fingerprint density at radius 3 is 2.54 bits per heavy atom. The lowest BCUT2D eigenvalue weighted by Crippen LogP contribution is -2.05. The van der Waals surface area contributed by atoms with E-state index >= 15 is 0 Å². The Kier molecular flexibility index (Phi) is 4.47. The van der Waals surface area contributed by atoms with Gasteiger partial charge in [-0.3, -0.25) is 0 Å². The van der Waals surface area contributed by atoms with Gasteiger partial charge < -0.3 is 10.8 Å². The number of halogens is 3. The van der Waals surface area contributed by atoms with Gasteiger partial charge in [-0.2, -0.15) is 0 Å². The third kappa shape index (κ3) is 2.72. The van der Waals surface area contributed by atoms with E-state index in [9.17, 15) is 9.50 Å². The van der Waals surface area contributed by atoms with Gasteiger partial charge in [0.15, 0.2) is 11.6 Å². The summed E-state index contributed by atoms with van der Waals surface area (Å²) in [5, 5.41) is 9.41. The van der Waals surface area contributed by atoms with Crippen molar-refractivity contribution < 1.29 is 9.50 Å². The van der Waals surface area contributed by atoms with Crippen LogP contribution in [0.15, 0.2) is 12.1 Å². The largest absolute Gasteiger partial charge is 0.505 e. The molecule has 0 saturated carbocycles. The monoisotopic (exact) mass is 225 g/mol. The number of phenolic OH excluding ortho intramolecular Hbond substituents is 1. The van der Waals surface area contributed by atoms with Crippen molar-refractivity contribution in [3.05, 3.63) is 28.5 Å². The Morgan fingerprint density at radius 2 is 2.08 bits per heavy atom. The van der Waals surface area contributed by atoms with E-state index < -0.39 is 17.6 Å². The molecule has 1 aromatic rings. The maximum Gasteiger partial charge on any atom is 0.166 e. The first-order chi connectivity index (χ1) is 5.52. The summed E-state index contributed by atoms with van der Waals surface area (Å²) in [7, 11) is 0. The average Bonchev–Trinajstić information content (AvgIpc) is 1.96. The average molecular weight is 226 g/mol. The van der Waals surface area contributed by atoms with E-state index in [1.807, 2.05) is 0 Å². The Morgan fingerprint density at radius 1 is 1.54 bits per heavy atom. The number of benzene rings is 1. The Labute approximate surface area is 86.9 Å². The third-order valence-corrected chi connectivity index (χ3v) is 1.77. The van der Waals surface area contributed by atoms with Gasteiger partial charge in [0.05, 0.1) is 0 Å². The zero-order chi connectivity index (χ0) is 9.30. The highest BCUT2D eigenvalue weighted by molar-refractivity contribution is 6.30. The fourth-order valence-electron chi connectivity index (χ4n) is 0.933. The number of hydrogen-bond donors (Lipinski definition) is 2. The lowest BCUT2D eigenvalue weighted by atomic mass is 10.1. The maximum absolute atomic E-state index is 12.8. The van der Waals surface area contributed by atoms with Gasteiger partial charge in [0.2, 0.25) is 0 Å². The summed E-state index contributed by atoms with van der Waals surface area (Å²) in [5.74, 6) is -1.16. The topological polar surface area (TPSA) is 46.2 Å². The van der Waals surface area contributed by atoms with Crippen LogP contribution in [0.2, 0.25) is 5.02 Å². The van der Waals surface area contributed by atoms with E-state index in [0.29, 0.717) is 5.56 Å². The fraction of sp³-hybridized carbons (Fsp3) is 0.250. The first-order valence-corrected chi connectivity index (χ1v) is 3.83. The van der Waals surface area contributed by atoms with Crippen LogP contribution in [-0.2, 0) is 0 Å². The van der Waals surface area contributed by atoms with Crippen molar-refractivity contribution in [3.8, 4) is 5.75 Å². The molecule has 2 nitrogen and oxygen atoms in total. The molecule has 0 heterocycles. The molecular formula is C8H10Cl2FNO. The zero-order valence-electron chi connectivity index (χ0n) is 6.92. The molecule has 5 heteroatoms. The molecule has 0 aliphatic carbocycles. The summed E-state index contributed by atoms with van der Waals surface area (Å²) in [5.41, 5.74) is 5.79. The zero-order valence-corrected chi connectivity index (χ0v) is 8.49. The van der Waals surface area contributed by atoms with Crippen molar-refractivity contribution in [3.63, 3.8) is 0 Å². The van der Waals surface area contributed by atoms with Crippen LogP contribution in [-0.4, -0.2) is 5.11 Å². The highest BCUT2D eigenvalue weighted by Gasteiger charge is 2.11. The Bertz CT molecular complexity index is 304. The molecule has 74 valence electrons. The minimum Gasteiger partial charge on any atom is -0.505 e. The van der Waals surface area contributed by atoms with Crippen LogP contribution >= 0.6 is 24.0 Å². The van der Waals surface area contributed by atoms with Gasteiger partial charge in [-0.15, -0.1) is 12.4 Å². The quantitative estimate of drug-likeness (QED) is 0.773. The predicted molar refractivity (Wildman–Crippen MR) is 52.9 cm³/mol. The lowest BCUT2D eigenvalue weighted by Gasteiger charge is -2.08. The highest BCUT2D eigenvalue weighted by atomic mass is 35.5. The molecule has 1 aromatic carbocycles. The van der Waals surface area contributed by atoms with E-state index in [2.05, 4.69) is 0 Å². The second-order valence-electron chi connectivity index (χ2n) is 2.61. The molecule has 0 fully saturated rings. The second kappa shape index (κ2) is 4.65. The number of rotatable bonds is 1. The lowest BCUT2D eigenvalue weighted by molar-refractivity contribution is 0.422. The highest BCUT2D eigenvalue weighted by Crippen LogP contribution is 2.29. The normalized spacial score (nSPS) is 12.0. The number of aromatic hydroxyl groups is 1. The summed E-state index contributed by atoms with van der Waals surface area (Å²) >= 11 is 5.56. The molecule has 0 spiro atoms. The summed E-state index contributed by atoms with van der Waals surface area (Å²) < 4.78 is 12.8. The van der Waals surface area contributed by atoms with Crippen molar-refractivity contribution in [1.29, 1.82) is 0 Å². The van der Waals surface area contributed by atoms with E-state index in [1.165, 1.54) is 6.07 Å². The molecule has 0 aliphatic heterocycles. The molecule has 0 aromatic heterocycles. The van der Waals surface area contributed by atoms with Crippen LogP contribution in [0.4, 0.5) is 4.39 Å². The molecule has 1 atom stereocenters. The summed E-state index contributed by atoms with van der Waals surface area (Å²) in [6, 6.07) is 2.06. The maximum atomic E-state index is 12.8. The smallest absolute Gasteiger partial charge is 0.166 e. The predicted octanol–water partition coefficient (Wildman–Crippen LogP) is 2.63. The second-order valence-corrected chi connectivity index (χ2v) is 3.05. The summed E-state index contributed by atoms with van der Waals surface area (Å²) in [6.07, 6.45) is 0. The van der Waals surface area contributed by atoms with Crippen molar-refractivity contribution >= 4 is 24.0 Å². The first kappa shape index (κ1) is 12.5. The first-order valence-electron chi connectivity index (χ1n) is 3.46. The number of phenols is 1. The molecule has 1 rings (SSSR count). The number of hydrogen-bond acceptors (Lipinski definition) is 2. The summed E-state index contributed by atoms with van der Waals surface area (Å²) in [4.78, 5) is 0. The molecule has 0 aliphatic rings. The van der Waals surface area contributed by atoms with Gasteiger partial charge >= 0.3 is 0 Å². The van der Waals surface area contributed by atoms with Gasteiger partial charge in [-0.25, -0.2) is 4.39 Å². The van der Waals surface area contributed by atoms with E-state index in [-0.39, 0.29) is 17.4 Å². The molecule has 0 amide bonds. The number of nitrogens with two attached hydrogens (primary N) is 1. The van der Waals surface area contributed by atoms with Crippen LogP contribution in [0.5, 0.6) is 5.75 Å². The van der Waals surface area contributed by atoms with Crippen LogP contribution in [0.1, 0.15) is 18.5 Å². The third-order valence-electron chi connectivity index (χ3n) is 1.55. The van der Waals surface area contributed by atoms with Gasteiger partial charge in [-0.1, -0.05) is 11.6 Å². The van der Waals surface area contributed by atoms with Gasteiger partial charge in [0, 0.05) is 16.6 Å². The Balaban J connectivity index is 0.00000144. The standard InChI is InChI=1S/C8H9ClFNO.ClH/c1-4(11)6-2-5(9)3-7(10)8(6)12;/h2-4,12H,11H2,1H3;1H/t4-;/m0./s1. The van der Waals surface area contributed by atoms with Crippen molar-refractivity contribution in [2.75, 3.05) is 0 Å². The molecule has 3 N–H and O–H groups in total. The van der Waals surface area contributed by atoms with Crippen LogP contribution in [0.3, 0.4) is 0 Å². The van der Waals surface area contributed by atoms with Crippen molar-refractivity contribution in [2.45, 2.75) is 13.0 Å². The molecule has 0 unspecified atom stereocenters. The van der Waals surface area contributed by atoms with E-state index in [4.69, 9.17) is 17.3 Å². The van der Waals surface area contributed by atoms with Gasteiger partial charge in [-0.05, 0) is 19.1 Å². The molecule has 0 saturated heterocycles. The SMILES string of the molecule is C[C@H](N)c1cc(Cl)cc(F)c1O.Cl. The molecule has 0 radical (unpaired) electrons. The molecular weight excluding hydrogens is 216 g/mol. The van der Waals surface area contributed by atoms with Crippen molar-refractivity contribution in [1.82, 2.24) is 0 Å². The van der Waals surface area contributed by atoms with Crippen molar-refractivity contribution in [2.24, 2.45) is 5.73 Å². The minimum absolute atomic E-state index is 0. The minimum atomic E-state index is -0.741.